The van der Waals surface area contributed by atoms with Gasteiger partial charge in [-0.15, -0.1) is 0 Å². The Morgan fingerprint density at radius 2 is 1.48 bits per heavy atom. The van der Waals surface area contributed by atoms with Crippen LogP contribution in [0.25, 0.3) is 0 Å². The van der Waals surface area contributed by atoms with Gasteiger partial charge in [-0.3, -0.25) is 4.79 Å². The van der Waals surface area contributed by atoms with Gasteiger partial charge < -0.3 is 4.74 Å². The predicted octanol–water partition coefficient (Wildman–Crippen LogP) is 4.78. The Morgan fingerprint density at radius 3 is 2.00 bits per heavy atom. The van der Waals surface area contributed by atoms with Crippen LogP contribution in [0.1, 0.15) is 18.1 Å². The number of aryl methyl sites for hydroxylation is 2. The van der Waals surface area contributed by atoms with Crippen molar-refractivity contribution in [2.45, 2.75) is 26.0 Å². The van der Waals surface area contributed by atoms with Gasteiger partial charge >= 0.3 is 5.97 Å². The highest BCUT2D eigenvalue weighted by atomic mass is 32.2. The third kappa shape index (κ3) is 4.17. The maximum atomic E-state index is 12.1. The van der Waals surface area contributed by atoms with Gasteiger partial charge in [0.05, 0.1) is 23.7 Å². The van der Waals surface area contributed by atoms with Crippen LogP contribution in [-0.4, -0.2) is 28.6 Å². The van der Waals surface area contributed by atoms with Crippen molar-refractivity contribution in [2.75, 3.05) is 6.61 Å². The summed E-state index contributed by atoms with van der Waals surface area (Å²) in [5.41, 5.74) is 4.69. The Morgan fingerprint density at radius 1 is 0.960 bits per heavy atom. The molecule has 0 aromatic heterocycles. The minimum absolute atomic E-state index is 0.263. The number of hydrogen-bond donors (Lipinski definition) is 0. The smallest absolute Gasteiger partial charge is 0.325 e. The molecule has 1 aliphatic rings. The third-order valence-electron chi connectivity index (χ3n) is 3.75. The van der Waals surface area contributed by atoms with E-state index in [2.05, 4.69) is 9.98 Å². The molecule has 2 aromatic carbocycles. The van der Waals surface area contributed by atoms with E-state index in [0.29, 0.717) is 12.3 Å². The van der Waals surface area contributed by atoms with Crippen molar-refractivity contribution in [3.8, 4) is 0 Å². The molecule has 128 valence electrons. The zero-order chi connectivity index (χ0) is 17.8. The van der Waals surface area contributed by atoms with Gasteiger partial charge in [-0.1, -0.05) is 47.2 Å². The first-order chi connectivity index (χ1) is 12.1. The lowest BCUT2D eigenvalue weighted by atomic mass is 10.2. The monoisotopic (exact) mass is 352 g/mol. The predicted molar refractivity (Wildman–Crippen MR) is 105 cm³/mol. The maximum absolute atomic E-state index is 12.1. The van der Waals surface area contributed by atoms with Crippen molar-refractivity contribution in [1.82, 2.24) is 0 Å². The van der Waals surface area contributed by atoms with E-state index in [9.17, 15) is 4.79 Å². The molecule has 0 radical (unpaired) electrons. The largest absolute Gasteiger partial charge is 0.465 e. The summed E-state index contributed by atoms with van der Waals surface area (Å²) in [5, 5.41) is 0.355. The molecule has 1 unspecified atom stereocenters. The van der Waals surface area contributed by atoms with E-state index in [1.165, 1.54) is 22.9 Å². The summed E-state index contributed by atoms with van der Waals surface area (Å²) < 4.78 is 5.15. The van der Waals surface area contributed by atoms with E-state index >= 15 is 0 Å². The first-order valence-corrected chi connectivity index (χ1v) is 9.09. The number of aliphatic imine (C=N–C) groups is 2. The lowest BCUT2D eigenvalue weighted by Gasteiger charge is -2.27. The zero-order valence-electron chi connectivity index (χ0n) is 14.5. The number of benzene rings is 2. The average molecular weight is 352 g/mol. The summed E-state index contributed by atoms with van der Waals surface area (Å²) in [6.07, 6.45) is 0. The second kappa shape index (κ2) is 7.66. The maximum Gasteiger partial charge on any atom is 0.325 e. The fraction of sp³-hybridized carbons (Fsp3) is 0.250. The zero-order valence-corrected chi connectivity index (χ0v) is 15.3. The molecule has 1 saturated heterocycles. The molecule has 0 spiro atoms. The van der Waals surface area contributed by atoms with Crippen molar-refractivity contribution in [2.24, 2.45) is 9.98 Å². The standard InChI is InChI=1S/C20H20N2O2S/c1-4-24-20(23)18-17(21-15-9-5-13(2)6-10-15)19(25-18)22-16-11-7-14(3)8-12-16/h5-12,18H,4H2,1-3H3. The van der Waals surface area contributed by atoms with Gasteiger partial charge in [0.15, 0.2) is 5.25 Å². The Labute approximate surface area is 152 Å². The quantitative estimate of drug-likeness (QED) is 0.744. The molecule has 1 atom stereocenters. The van der Waals surface area contributed by atoms with E-state index in [1.807, 2.05) is 62.4 Å². The Balaban J connectivity index is 1.91. The van der Waals surface area contributed by atoms with Crippen LogP contribution in [0.2, 0.25) is 0 Å². The molecule has 4 nitrogen and oxygen atoms in total. The molecule has 2 aromatic rings. The lowest BCUT2D eigenvalue weighted by Crippen LogP contribution is -2.43. The number of nitrogens with zero attached hydrogens (tertiary/aromatic N) is 2. The summed E-state index contributed by atoms with van der Waals surface area (Å²) in [6.45, 7) is 6.23. The van der Waals surface area contributed by atoms with Crippen molar-refractivity contribution in [3.05, 3.63) is 59.7 Å². The number of rotatable bonds is 4. The van der Waals surface area contributed by atoms with Crippen LogP contribution in [0.3, 0.4) is 0 Å². The third-order valence-corrected chi connectivity index (χ3v) is 4.92. The highest BCUT2D eigenvalue weighted by Gasteiger charge is 2.41. The minimum atomic E-state index is -0.412. The summed E-state index contributed by atoms with van der Waals surface area (Å²) in [4.78, 5) is 21.4. The van der Waals surface area contributed by atoms with Gasteiger partial charge in [-0.05, 0) is 45.0 Å². The van der Waals surface area contributed by atoms with E-state index < -0.39 is 5.25 Å². The Bertz CT molecular complexity index is 824. The molecular formula is C20H20N2O2S. The molecule has 0 aliphatic carbocycles. The summed E-state index contributed by atoms with van der Waals surface area (Å²) >= 11 is 1.40. The van der Waals surface area contributed by atoms with Gasteiger partial charge in [0.1, 0.15) is 5.04 Å². The van der Waals surface area contributed by atoms with Crippen LogP contribution in [0.5, 0.6) is 0 Å². The number of ether oxygens (including phenoxy) is 1. The summed E-state index contributed by atoms with van der Waals surface area (Å²) in [5.74, 6) is -0.263. The number of esters is 1. The molecule has 3 rings (SSSR count). The first kappa shape index (κ1) is 17.4. The normalized spacial score (nSPS) is 19.7. The highest BCUT2D eigenvalue weighted by Crippen LogP contribution is 2.34. The fourth-order valence-corrected chi connectivity index (χ4v) is 3.26. The van der Waals surface area contributed by atoms with Crippen LogP contribution < -0.4 is 0 Å². The number of carbonyl (C=O) groups is 1. The van der Waals surface area contributed by atoms with Gasteiger partial charge in [0, 0.05) is 0 Å². The van der Waals surface area contributed by atoms with Crippen LogP contribution in [-0.2, 0) is 9.53 Å². The van der Waals surface area contributed by atoms with Crippen LogP contribution >= 0.6 is 11.8 Å². The molecule has 1 fully saturated rings. The van der Waals surface area contributed by atoms with Crippen molar-refractivity contribution in [3.63, 3.8) is 0 Å². The van der Waals surface area contributed by atoms with Crippen LogP contribution in [0.15, 0.2) is 58.5 Å². The van der Waals surface area contributed by atoms with E-state index in [4.69, 9.17) is 4.74 Å². The van der Waals surface area contributed by atoms with Crippen molar-refractivity contribution in [1.29, 1.82) is 0 Å². The van der Waals surface area contributed by atoms with Crippen LogP contribution in [0, 0.1) is 13.8 Å². The summed E-state index contributed by atoms with van der Waals surface area (Å²) in [6, 6.07) is 15.8. The minimum Gasteiger partial charge on any atom is -0.465 e. The molecule has 0 N–H and O–H groups in total. The Kier molecular flexibility index (Phi) is 5.34. The fourth-order valence-electron chi connectivity index (χ4n) is 2.34. The van der Waals surface area contributed by atoms with Gasteiger partial charge in [-0.2, -0.15) is 0 Å². The molecule has 25 heavy (non-hydrogen) atoms. The van der Waals surface area contributed by atoms with Gasteiger partial charge in [0.2, 0.25) is 0 Å². The number of hydrogen-bond acceptors (Lipinski definition) is 5. The highest BCUT2D eigenvalue weighted by molar-refractivity contribution is 8.21. The second-order valence-electron chi connectivity index (χ2n) is 5.84. The van der Waals surface area contributed by atoms with Crippen molar-refractivity contribution < 1.29 is 9.53 Å². The van der Waals surface area contributed by atoms with E-state index in [-0.39, 0.29) is 5.97 Å². The van der Waals surface area contributed by atoms with Gasteiger partial charge in [0.25, 0.3) is 0 Å². The lowest BCUT2D eigenvalue weighted by molar-refractivity contribution is -0.141. The average Bonchev–Trinajstić information content (AvgIpc) is 2.59. The Hall–Kier alpha value is -2.40. The topological polar surface area (TPSA) is 51.0 Å². The first-order valence-electron chi connectivity index (χ1n) is 8.21. The van der Waals surface area contributed by atoms with E-state index in [0.717, 1.165) is 16.4 Å². The molecule has 0 bridgehead atoms. The van der Waals surface area contributed by atoms with Crippen LogP contribution in [0.4, 0.5) is 11.4 Å². The molecule has 0 amide bonds. The number of thioether (sulfide) groups is 1. The molecule has 0 saturated carbocycles. The summed E-state index contributed by atoms with van der Waals surface area (Å²) in [7, 11) is 0. The molecule has 5 heteroatoms. The van der Waals surface area contributed by atoms with Gasteiger partial charge in [-0.25, -0.2) is 9.98 Å². The van der Waals surface area contributed by atoms with Crippen molar-refractivity contribution >= 4 is 39.9 Å². The second-order valence-corrected chi connectivity index (χ2v) is 6.93. The number of carbonyl (C=O) groups excluding carboxylic acids is 1. The SMILES string of the molecule is CCOC(=O)C1SC(=Nc2ccc(C)cc2)C1=Nc1ccc(C)cc1. The van der Waals surface area contributed by atoms with E-state index in [1.54, 1.807) is 6.92 Å². The molecular weight excluding hydrogens is 332 g/mol. The molecule has 1 heterocycles. The molecule has 1 aliphatic heterocycles.